The number of hydrogen-bond donors (Lipinski definition) is 1. The number of allylic oxidation sites excluding steroid dienone is 5. The van der Waals surface area contributed by atoms with Crippen LogP contribution in [0.1, 0.15) is 36.3 Å². The van der Waals surface area contributed by atoms with Crippen molar-refractivity contribution >= 4 is 32.3 Å². The second kappa shape index (κ2) is 7.66. The van der Waals surface area contributed by atoms with E-state index in [1.165, 1.54) is 17.5 Å². The van der Waals surface area contributed by atoms with Crippen molar-refractivity contribution in [3.05, 3.63) is 64.9 Å². The third-order valence-corrected chi connectivity index (χ3v) is 6.35. The summed E-state index contributed by atoms with van der Waals surface area (Å²) in [5.74, 6) is 0. The highest BCUT2D eigenvalue weighted by Crippen LogP contribution is 2.38. The smallest absolute Gasteiger partial charge is 0.175 e. The van der Waals surface area contributed by atoms with Crippen molar-refractivity contribution in [2.24, 2.45) is 0 Å². The molecule has 1 aromatic heterocycles. The molecule has 0 saturated carbocycles. The van der Waals surface area contributed by atoms with Gasteiger partial charge >= 0.3 is 0 Å². The van der Waals surface area contributed by atoms with Crippen molar-refractivity contribution in [1.82, 2.24) is 4.57 Å². The Balaban J connectivity index is 2.20. The summed E-state index contributed by atoms with van der Waals surface area (Å²) < 4.78 is 26.5. The number of rotatable bonds is 6. The molecule has 0 radical (unpaired) electrons. The Bertz CT molecular complexity index is 1060. The summed E-state index contributed by atoms with van der Waals surface area (Å²) in [5, 5.41) is 11.8. The van der Waals surface area contributed by atoms with Gasteiger partial charge in [-0.3, -0.25) is 0 Å². The van der Waals surface area contributed by atoms with Crippen LogP contribution in [0.15, 0.2) is 52.9 Å². The zero-order chi connectivity index (χ0) is 19.8. The Labute approximate surface area is 165 Å². The van der Waals surface area contributed by atoms with Crippen molar-refractivity contribution in [2.45, 2.75) is 43.7 Å². The fraction of sp³-hybridized carbons (Fsp3) is 0.333. The van der Waals surface area contributed by atoms with Crippen LogP contribution in [-0.2, 0) is 29.2 Å². The van der Waals surface area contributed by atoms with E-state index in [1.807, 2.05) is 12.2 Å². The van der Waals surface area contributed by atoms with E-state index in [1.54, 1.807) is 31.2 Å². The van der Waals surface area contributed by atoms with Crippen LogP contribution < -0.4 is 0 Å². The first-order chi connectivity index (χ1) is 12.7. The van der Waals surface area contributed by atoms with E-state index in [2.05, 4.69) is 11.1 Å². The van der Waals surface area contributed by atoms with Gasteiger partial charge in [-0.15, -0.1) is 0 Å². The van der Waals surface area contributed by atoms with E-state index in [4.69, 9.17) is 11.6 Å². The molecule has 1 aromatic carbocycles. The Morgan fingerprint density at radius 3 is 2.78 bits per heavy atom. The van der Waals surface area contributed by atoms with Gasteiger partial charge in [0.1, 0.15) is 0 Å². The third kappa shape index (κ3) is 3.91. The van der Waals surface area contributed by atoms with E-state index in [0.717, 1.165) is 30.2 Å². The minimum absolute atomic E-state index is 0.258. The predicted molar refractivity (Wildman–Crippen MR) is 111 cm³/mol. The molecule has 0 saturated heterocycles. The molecule has 0 amide bonds. The number of halogens is 1. The molecule has 1 N–H and O–H groups in total. The average molecular weight is 406 g/mol. The Morgan fingerprint density at radius 2 is 2.15 bits per heavy atom. The van der Waals surface area contributed by atoms with Crippen LogP contribution in [0, 0.1) is 0 Å². The van der Waals surface area contributed by atoms with E-state index in [0.29, 0.717) is 17.1 Å². The summed E-state index contributed by atoms with van der Waals surface area (Å²) in [4.78, 5) is 0.258. The molecule has 0 aliphatic heterocycles. The first kappa shape index (κ1) is 19.9. The van der Waals surface area contributed by atoms with Crippen LogP contribution >= 0.6 is 11.6 Å². The summed E-state index contributed by atoms with van der Waals surface area (Å²) in [7, 11) is -3.36. The topological polar surface area (TPSA) is 59.3 Å². The SMILES string of the molecule is C=C/C(Cl)=C\C=C\Cn1c2c(c3cc(S(C)(=O)=O)cc(C(C)O)c31)CCC2. The fourth-order valence-electron chi connectivity index (χ4n) is 3.74. The number of fused-ring (bicyclic) bond motifs is 3. The van der Waals surface area contributed by atoms with Crippen LogP contribution in [-0.4, -0.2) is 24.3 Å². The van der Waals surface area contributed by atoms with Crippen molar-refractivity contribution in [3.8, 4) is 0 Å². The molecule has 0 bridgehead atoms. The van der Waals surface area contributed by atoms with Gasteiger partial charge in [-0.05, 0) is 50.0 Å². The zero-order valence-corrected chi connectivity index (χ0v) is 17.1. The Hall–Kier alpha value is -1.82. The average Bonchev–Trinajstić information content (AvgIpc) is 3.18. The summed E-state index contributed by atoms with van der Waals surface area (Å²) in [5.41, 5.74) is 3.99. The minimum Gasteiger partial charge on any atom is -0.389 e. The summed E-state index contributed by atoms with van der Waals surface area (Å²) >= 11 is 5.94. The summed E-state index contributed by atoms with van der Waals surface area (Å²) in [6.07, 6.45) is 10.6. The second-order valence-electron chi connectivity index (χ2n) is 6.93. The highest BCUT2D eigenvalue weighted by Gasteiger charge is 2.25. The van der Waals surface area contributed by atoms with Gasteiger partial charge in [0.15, 0.2) is 9.84 Å². The van der Waals surface area contributed by atoms with Crippen LogP contribution in [0.3, 0.4) is 0 Å². The van der Waals surface area contributed by atoms with Crippen molar-refractivity contribution in [2.75, 3.05) is 6.26 Å². The molecule has 0 fully saturated rings. The van der Waals surface area contributed by atoms with Gasteiger partial charge in [0.25, 0.3) is 0 Å². The molecule has 3 rings (SSSR count). The summed E-state index contributed by atoms with van der Waals surface area (Å²) in [6, 6.07) is 3.36. The first-order valence-electron chi connectivity index (χ1n) is 8.94. The maximum absolute atomic E-state index is 12.1. The van der Waals surface area contributed by atoms with E-state index >= 15 is 0 Å². The van der Waals surface area contributed by atoms with Gasteiger partial charge < -0.3 is 9.67 Å². The third-order valence-electron chi connectivity index (χ3n) is 4.98. The monoisotopic (exact) mass is 405 g/mol. The number of nitrogens with zero attached hydrogens (tertiary/aromatic N) is 1. The Morgan fingerprint density at radius 1 is 1.41 bits per heavy atom. The molecular formula is C21H24ClNO3S. The van der Waals surface area contributed by atoms with Gasteiger partial charge in [0.2, 0.25) is 0 Å². The second-order valence-corrected chi connectivity index (χ2v) is 9.38. The highest BCUT2D eigenvalue weighted by atomic mass is 35.5. The van der Waals surface area contributed by atoms with Crippen LogP contribution in [0.25, 0.3) is 10.9 Å². The quantitative estimate of drug-likeness (QED) is 0.722. The molecule has 1 aliphatic carbocycles. The highest BCUT2D eigenvalue weighted by molar-refractivity contribution is 7.90. The van der Waals surface area contributed by atoms with Gasteiger partial charge in [-0.25, -0.2) is 8.42 Å². The van der Waals surface area contributed by atoms with Gasteiger partial charge in [0.05, 0.1) is 16.5 Å². The molecule has 144 valence electrons. The van der Waals surface area contributed by atoms with Crippen molar-refractivity contribution in [1.29, 1.82) is 0 Å². The van der Waals surface area contributed by atoms with Gasteiger partial charge in [-0.2, -0.15) is 0 Å². The standard InChI is InChI=1S/C21H24ClNO3S/c1-4-15(22)8-5-6-11-23-20-10-7-9-17(20)19-13-16(27(3,25)26)12-18(14(2)24)21(19)23/h4-6,8,12-14,24H,1,7,9-11H2,2-3H3/b6-5+,15-8+. The van der Waals surface area contributed by atoms with E-state index in [9.17, 15) is 13.5 Å². The molecule has 27 heavy (non-hydrogen) atoms. The van der Waals surface area contributed by atoms with Gasteiger partial charge in [-0.1, -0.05) is 36.4 Å². The van der Waals surface area contributed by atoms with Gasteiger partial charge in [0, 0.05) is 34.5 Å². The number of aryl methyl sites for hydroxylation is 1. The number of hydrogen-bond acceptors (Lipinski definition) is 3. The number of aromatic nitrogens is 1. The van der Waals surface area contributed by atoms with Crippen LogP contribution in [0.2, 0.25) is 0 Å². The Kier molecular flexibility index (Phi) is 5.65. The molecule has 4 nitrogen and oxygen atoms in total. The molecular weight excluding hydrogens is 382 g/mol. The molecule has 6 heteroatoms. The fourth-order valence-corrected chi connectivity index (χ4v) is 4.49. The lowest BCUT2D eigenvalue weighted by Gasteiger charge is -2.14. The molecule has 1 heterocycles. The van der Waals surface area contributed by atoms with Crippen LogP contribution in [0.4, 0.5) is 0 Å². The molecule has 1 unspecified atom stereocenters. The minimum atomic E-state index is -3.36. The molecule has 0 spiro atoms. The largest absolute Gasteiger partial charge is 0.389 e. The normalized spacial score (nSPS) is 16.2. The van der Waals surface area contributed by atoms with E-state index < -0.39 is 15.9 Å². The van der Waals surface area contributed by atoms with E-state index in [-0.39, 0.29) is 4.90 Å². The van der Waals surface area contributed by atoms with Crippen molar-refractivity contribution in [3.63, 3.8) is 0 Å². The number of sulfone groups is 1. The lowest BCUT2D eigenvalue weighted by atomic mass is 10.0. The lowest BCUT2D eigenvalue weighted by molar-refractivity contribution is 0.200. The predicted octanol–water partition coefficient (Wildman–Crippen LogP) is 4.45. The summed E-state index contributed by atoms with van der Waals surface area (Å²) in [6.45, 7) is 5.92. The number of aliphatic hydroxyl groups is 1. The first-order valence-corrected chi connectivity index (χ1v) is 11.2. The molecule has 2 aromatic rings. The van der Waals surface area contributed by atoms with Crippen molar-refractivity contribution < 1.29 is 13.5 Å². The molecule has 1 aliphatic rings. The lowest BCUT2D eigenvalue weighted by Crippen LogP contribution is -2.06. The number of aliphatic hydroxyl groups excluding tert-OH is 1. The zero-order valence-electron chi connectivity index (χ0n) is 15.6. The molecule has 1 atom stereocenters. The maximum atomic E-state index is 12.1. The maximum Gasteiger partial charge on any atom is 0.175 e. The number of benzene rings is 1. The van der Waals surface area contributed by atoms with Crippen LogP contribution in [0.5, 0.6) is 0 Å².